The van der Waals surface area contributed by atoms with Crippen molar-refractivity contribution in [3.05, 3.63) is 94.9 Å². The fourth-order valence-corrected chi connectivity index (χ4v) is 5.14. The van der Waals surface area contributed by atoms with E-state index >= 15 is 0 Å². The Balaban J connectivity index is 1.39. The Bertz CT molecular complexity index is 1820. The number of amides is 1. The van der Waals surface area contributed by atoms with E-state index in [2.05, 4.69) is 25.6 Å². The maximum atomic E-state index is 14.7. The van der Waals surface area contributed by atoms with Crippen molar-refractivity contribution in [1.29, 1.82) is 0 Å². The predicted molar refractivity (Wildman–Crippen MR) is 166 cm³/mol. The normalized spacial score (nSPS) is 11.1. The maximum Gasteiger partial charge on any atom is 0.261 e. The van der Waals surface area contributed by atoms with Crippen molar-refractivity contribution in [2.45, 2.75) is 0 Å². The Kier molecular flexibility index (Phi) is 9.28. The van der Waals surface area contributed by atoms with Crippen molar-refractivity contribution in [2.24, 2.45) is 0 Å². The summed E-state index contributed by atoms with van der Waals surface area (Å²) in [4.78, 5) is 28.4. The van der Waals surface area contributed by atoms with Crippen LogP contribution >= 0.6 is 22.9 Å². The Morgan fingerprint density at radius 1 is 1.02 bits per heavy atom. The number of benzene rings is 3. The number of anilines is 4. The molecule has 0 saturated carbocycles. The van der Waals surface area contributed by atoms with Gasteiger partial charge in [0, 0.05) is 24.0 Å². The minimum Gasteiger partial charge on any atom is -0.491 e. The highest BCUT2D eigenvalue weighted by Gasteiger charge is 2.21. The van der Waals surface area contributed by atoms with Gasteiger partial charge in [0.2, 0.25) is 5.95 Å². The van der Waals surface area contributed by atoms with E-state index in [1.165, 1.54) is 12.1 Å². The second-order valence-electron chi connectivity index (χ2n) is 9.66. The van der Waals surface area contributed by atoms with Gasteiger partial charge in [0.25, 0.3) is 5.91 Å². The monoisotopic (exact) mass is 639 g/mol. The van der Waals surface area contributed by atoms with Crippen molar-refractivity contribution in [2.75, 3.05) is 43.6 Å². The third kappa shape index (κ3) is 7.08. The first-order chi connectivity index (χ1) is 21.1. The summed E-state index contributed by atoms with van der Waals surface area (Å²) < 4.78 is 48.7. The zero-order valence-electron chi connectivity index (χ0n) is 23.4. The maximum absolute atomic E-state index is 14.7. The second-order valence-corrected chi connectivity index (χ2v) is 11.1. The molecule has 226 valence electrons. The fourth-order valence-electron chi connectivity index (χ4n) is 4.08. The molecule has 5 rings (SSSR count). The fraction of sp³-hybridized carbons (Fsp3) is 0.133. The number of nitrogens with zero attached hydrogens (tertiary/aromatic N) is 4. The largest absolute Gasteiger partial charge is 0.491 e. The minimum atomic E-state index is -1.14. The van der Waals surface area contributed by atoms with E-state index in [0.29, 0.717) is 44.9 Å². The third-order valence-electron chi connectivity index (χ3n) is 6.19. The average Bonchev–Trinajstić information content (AvgIpc) is 3.37. The number of halogens is 4. The molecule has 0 unspecified atom stereocenters. The molecule has 0 atom stereocenters. The van der Waals surface area contributed by atoms with Gasteiger partial charge in [0.05, 0.1) is 27.0 Å². The van der Waals surface area contributed by atoms with Gasteiger partial charge < -0.3 is 26.0 Å². The number of carbonyl (C=O) groups excluding carboxylic acids is 1. The van der Waals surface area contributed by atoms with E-state index in [1.54, 1.807) is 30.5 Å². The van der Waals surface area contributed by atoms with Crippen LogP contribution in [0.25, 0.3) is 21.8 Å². The standard InChI is InChI=1S/C30H25ClF3N7O2S/c1-41(2)12-13-43-24-9-7-17(15-18(24)31)37-30-36-11-10-22(39-30)27-26(40-29(35)44-27)16-6-8-19(32)23(14-16)38-28(42)25-20(33)4-3-5-21(25)34/h3-11,14-15H,12-13H2,1-2H3,(H2,35,40)(H,38,42)(H,36,37,39). The molecule has 2 aromatic heterocycles. The van der Waals surface area contributed by atoms with Crippen molar-refractivity contribution in [3.63, 3.8) is 0 Å². The van der Waals surface area contributed by atoms with E-state index < -0.39 is 28.9 Å². The van der Waals surface area contributed by atoms with Gasteiger partial charge in [-0.05, 0) is 68.7 Å². The van der Waals surface area contributed by atoms with Crippen LogP contribution in [0.4, 0.5) is 35.6 Å². The number of carbonyl (C=O) groups is 1. The van der Waals surface area contributed by atoms with Gasteiger partial charge in [-0.1, -0.05) is 29.0 Å². The summed E-state index contributed by atoms with van der Waals surface area (Å²) in [6.45, 7) is 1.22. The molecule has 0 fully saturated rings. The SMILES string of the molecule is CN(C)CCOc1ccc(Nc2nccc(-c3sc(N)nc3-c3ccc(F)c(NC(=O)c4c(F)cccc4F)c3)n2)cc1Cl. The summed E-state index contributed by atoms with van der Waals surface area (Å²) >= 11 is 7.55. The number of rotatable bonds is 10. The molecule has 0 spiro atoms. The summed E-state index contributed by atoms with van der Waals surface area (Å²) in [6.07, 6.45) is 1.55. The lowest BCUT2D eigenvalue weighted by Gasteiger charge is -2.13. The lowest BCUT2D eigenvalue weighted by Crippen LogP contribution is -2.19. The molecule has 0 bridgehead atoms. The number of nitrogens with one attached hydrogen (secondary N) is 2. The van der Waals surface area contributed by atoms with Gasteiger partial charge >= 0.3 is 0 Å². The molecule has 14 heteroatoms. The van der Waals surface area contributed by atoms with E-state index in [9.17, 15) is 18.0 Å². The molecule has 4 N–H and O–H groups in total. The zero-order valence-corrected chi connectivity index (χ0v) is 24.9. The molecule has 44 heavy (non-hydrogen) atoms. The molecule has 0 aliphatic rings. The van der Waals surface area contributed by atoms with E-state index in [1.807, 2.05) is 19.0 Å². The predicted octanol–water partition coefficient (Wildman–Crippen LogP) is 6.86. The van der Waals surface area contributed by atoms with Crippen LogP contribution in [0.1, 0.15) is 10.4 Å². The molecule has 1 amide bonds. The Hall–Kier alpha value is -4.72. The van der Waals surface area contributed by atoms with Crippen LogP contribution in [0.15, 0.2) is 66.9 Å². The first-order valence-electron chi connectivity index (χ1n) is 13.1. The average molecular weight is 640 g/mol. The molecule has 0 aliphatic heterocycles. The first-order valence-corrected chi connectivity index (χ1v) is 14.3. The Morgan fingerprint density at radius 3 is 2.52 bits per heavy atom. The van der Waals surface area contributed by atoms with E-state index in [4.69, 9.17) is 22.1 Å². The van der Waals surface area contributed by atoms with Gasteiger partial charge in [-0.2, -0.15) is 0 Å². The van der Waals surface area contributed by atoms with E-state index in [-0.39, 0.29) is 16.8 Å². The lowest BCUT2D eigenvalue weighted by atomic mass is 10.1. The molecule has 2 heterocycles. The van der Waals surface area contributed by atoms with E-state index in [0.717, 1.165) is 42.1 Å². The van der Waals surface area contributed by atoms with Crippen molar-refractivity contribution in [3.8, 4) is 27.6 Å². The van der Waals surface area contributed by atoms with Crippen LogP contribution in [0.3, 0.4) is 0 Å². The topological polar surface area (TPSA) is 118 Å². The molecule has 0 aliphatic carbocycles. The van der Waals surface area contributed by atoms with Gasteiger partial charge in [-0.25, -0.2) is 28.1 Å². The number of thiazole rings is 1. The minimum absolute atomic E-state index is 0.211. The number of likely N-dealkylation sites (N-methyl/N-ethyl adjacent to an activating group) is 1. The number of ether oxygens (including phenoxy) is 1. The second kappa shape index (κ2) is 13.3. The van der Waals surface area contributed by atoms with Crippen LogP contribution in [0, 0.1) is 17.5 Å². The summed E-state index contributed by atoms with van der Waals surface area (Å²) in [5.41, 5.74) is 6.74. The molecular weight excluding hydrogens is 615 g/mol. The van der Waals surface area contributed by atoms with Gasteiger partial charge in [-0.15, -0.1) is 0 Å². The van der Waals surface area contributed by atoms with Gasteiger partial charge in [0.1, 0.15) is 35.4 Å². The highest BCUT2D eigenvalue weighted by atomic mass is 35.5. The molecule has 0 radical (unpaired) electrons. The third-order valence-corrected chi connectivity index (χ3v) is 7.40. The van der Waals surface area contributed by atoms with Gasteiger partial charge in [0.15, 0.2) is 5.13 Å². The lowest BCUT2D eigenvalue weighted by molar-refractivity contribution is 0.101. The van der Waals surface area contributed by atoms with Crippen LogP contribution < -0.4 is 21.1 Å². The summed E-state index contributed by atoms with van der Waals surface area (Å²) in [5.74, 6) is -3.30. The van der Waals surface area contributed by atoms with Crippen LogP contribution in [-0.4, -0.2) is 53.0 Å². The molecule has 3 aromatic carbocycles. The summed E-state index contributed by atoms with van der Waals surface area (Å²) in [7, 11) is 3.90. The zero-order chi connectivity index (χ0) is 31.4. The summed E-state index contributed by atoms with van der Waals surface area (Å²) in [5, 5.41) is 5.98. The van der Waals surface area contributed by atoms with Crippen LogP contribution in [-0.2, 0) is 0 Å². The highest BCUT2D eigenvalue weighted by molar-refractivity contribution is 7.19. The number of hydrogen-bond acceptors (Lipinski definition) is 9. The van der Waals surface area contributed by atoms with Crippen molar-refractivity contribution < 1.29 is 22.7 Å². The Morgan fingerprint density at radius 2 is 1.80 bits per heavy atom. The molecule has 0 saturated heterocycles. The highest BCUT2D eigenvalue weighted by Crippen LogP contribution is 2.39. The summed E-state index contributed by atoms with van der Waals surface area (Å²) in [6, 6.07) is 13.7. The molecule has 9 nitrogen and oxygen atoms in total. The van der Waals surface area contributed by atoms with Crippen molar-refractivity contribution in [1.82, 2.24) is 19.9 Å². The van der Waals surface area contributed by atoms with Crippen LogP contribution in [0.5, 0.6) is 5.75 Å². The Labute approximate surface area is 259 Å². The number of hydrogen-bond donors (Lipinski definition) is 3. The number of nitrogens with two attached hydrogens (primary N) is 1. The van der Waals surface area contributed by atoms with Crippen LogP contribution in [0.2, 0.25) is 5.02 Å². The number of aromatic nitrogens is 3. The van der Waals surface area contributed by atoms with Crippen molar-refractivity contribution >= 4 is 51.3 Å². The molecular formula is C30H25ClF3N7O2S. The quantitative estimate of drug-likeness (QED) is 0.152. The first kappa shape index (κ1) is 30.7. The smallest absolute Gasteiger partial charge is 0.261 e. The van der Waals surface area contributed by atoms with Gasteiger partial charge in [-0.3, -0.25) is 4.79 Å². The molecule has 5 aromatic rings. The number of nitrogen functional groups attached to an aromatic ring is 1.